The van der Waals surface area contributed by atoms with Gasteiger partial charge >= 0.3 is 0 Å². The third kappa shape index (κ3) is 6.22. The third-order valence-electron chi connectivity index (χ3n) is 2.68. The lowest BCUT2D eigenvalue weighted by Crippen LogP contribution is -2.39. The number of nitrogens with one attached hydrogen (secondary N) is 2. The van der Waals surface area contributed by atoms with Crippen LogP contribution in [-0.2, 0) is 16.1 Å². The molecule has 0 fully saturated rings. The molecule has 5 nitrogen and oxygen atoms in total. The highest BCUT2D eigenvalue weighted by atomic mass is 16.5. The van der Waals surface area contributed by atoms with Crippen LogP contribution in [0.5, 0.6) is 5.75 Å². The van der Waals surface area contributed by atoms with Crippen LogP contribution in [0, 0.1) is 0 Å². The second-order valence-corrected chi connectivity index (χ2v) is 4.36. The van der Waals surface area contributed by atoms with Crippen molar-refractivity contribution in [3.63, 3.8) is 0 Å². The summed E-state index contributed by atoms with van der Waals surface area (Å²) < 4.78 is 10.1. The number of rotatable bonds is 8. The summed E-state index contributed by atoms with van der Waals surface area (Å²) in [4.78, 5) is 11.6. The molecule has 0 bridgehead atoms. The van der Waals surface area contributed by atoms with Crippen LogP contribution in [0.2, 0.25) is 0 Å². The van der Waals surface area contributed by atoms with Crippen LogP contribution in [0.1, 0.15) is 12.5 Å². The quantitative estimate of drug-likeness (QED) is 0.735. The van der Waals surface area contributed by atoms with Crippen molar-refractivity contribution in [2.24, 2.45) is 0 Å². The highest BCUT2D eigenvalue weighted by Gasteiger charge is 2.05. The maximum absolute atomic E-state index is 11.6. The van der Waals surface area contributed by atoms with Gasteiger partial charge in [0.15, 0.2) is 0 Å². The molecule has 1 amide bonds. The van der Waals surface area contributed by atoms with E-state index in [-0.39, 0.29) is 11.9 Å². The van der Waals surface area contributed by atoms with Crippen LogP contribution < -0.4 is 15.4 Å². The van der Waals surface area contributed by atoms with Gasteiger partial charge in [0, 0.05) is 19.7 Å². The Hall–Kier alpha value is -1.59. The van der Waals surface area contributed by atoms with Gasteiger partial charge in [-0.25, -0.2) is 0 Å². The molecular formula is C14H22N2O3. The molecule has 0 spiro atoms. The van der Waals surface area contributed by atoms with Crippen molar-refractivity contribution in [2.45, 2.75) is 19.5 Å². The zero-order valence-electron chi connectivity index (χ0n) is 11.7. The van der Waals surface area contributed by atoms with Crippen LogP contribution in [-0.4, -0.2) is 39.3 Å². The second-order valence-electron chi connectivity index (χ2n) is 4.36. The van der Waals surface area contributed by atoms with E-state index in [1.807, 2.05) is 31.2 Å². The van der Waals surface area contributed by atoms with Gasteiger partial charge < -0.3 is 20.1 Å². The number of ether oxygens (including phenoxy) is 2. The largest absolute Gasteiger partial charge is 0.497 e. The van der Waals surface area contributed by atoms with Crippen LogP contribution in [0.15, 0.2) is 24.3 Å². The minimum atomic E-state index is -0.0289. The minimum absolute atomic E-state index is 0.0289. The van der Waals surface area contributed by atoms with E-state index in [2.05, 4.69) is 10.6 Å². The van der Waals surface area contributed by atoms with E-state index in [9.17, 15) is 4.79 Å². The molecule has 2 N–H and O–H groups in total. The lowest BCUT2D eigenvalue weighted by Gasteiger charge is -2.12. The molecule has 0 aliphatic rings. The molecule has 0 aliphatic heterocycles. The standard InChI is InChI=1S/C14H22N2O3/c1-11(10-18-2)15-9-14(17)16-8-12-4-6-13(19-3)7-5-12/h4-7,11,15H,8-10H2,1-3H3,(H,16,17). The lowest BCUT2D eigenvalue weighted by molar-refractivity contribution is -0.120. The van der Waals surface area contributed by atoms with E-state index in [1.54, 1.807) is 14.2 Å². The van der Waals surface area contributed by atoms with E-state index in [0.717, 1.165) is 11.3 Å². The molecule has 1 atom stereocenters. The first-order chi connectivity index (χ1) is 9.15. The Morgan fingerprint density at radius 2 is 1.95 bits per heavy atom. The van der Waals surface area contributed by atoms with Crippen molar-refractivity contribution in [2.75, 3.05) is 27.4 Å². The number of carbonyl (C=O) groups is 1. The van der Waals surface area contributed by atoms with Gasteiger partial charge in [-0.1, -0.05) is 12.1 Å². The van der Waals surface area contributed by atoms with E-state index >= 15 is 0 Å². The predicted molar refractivity (Wildman–Crippen MR) is 74.2 cm³/mol. The fraction of sp³-hybridized carbons (Fsp3) is 0.500. The average Bonchev–Trinajstić information content (AvgIpc) is 2.44. The van der Waals surface area contributed by atoms with Gasteiger partial charge in [-0.3, -0.25) is 4.79 Å². The topological polar surface area (TPSA) is 59.6 Å². The number of methoxy groups -OCH3 is 2. The number of carbonyl (C=O) groups excluding carboxylic acids is 1. The van der Waals surface area contributed by atoms with Crippen molar-refractivity contribution < 1.29 is 14.3 Å². The lowest BCUT2D eigenvalue weighted by atomic mass is 10.2. The van der Waals surface area contributed by atoms with Gasteiger partial charge in [0.1, 0.15) is 5.75 Å². The average molecular weight is 266 g/mol. The Labute approximate surface area is 114 Å². The summed E-state index contributed by atoms with van der Waals surface area (Å²) in [5.74, 6) is 0.781. The van der Waals surface area contributed by atoms with Crippen LogP contribution in [0.3, 0.4) is 0 Å². The molecule has 1 unspecified atom stereocenters. The molecule has 106 valence electrons. The normalized spacial score (nSPS) is 11.9. The first kappa shape index (κ1) is 15.5. The van der Waals surface area contributed by atoms with Crippen molar-refractivity contribution >= 4 is 5.91 Å². The van der Waals surface area contributed by atoms with Gasteiger partial charge in [0.25, 0.3) is 0 Å². The summed E-state index contributed by atoms with van der Waals surface area (Å²) in [6.45, 7) is 3.37. The first-order valence-electron chi connectivity index (χ1n) is 6.27. The van der Waals surface area contributed by atoms with E-state index in [0.29, 0.717) is 19.7 Å². The monoisotopic (exact) mass is 266 g/mol. The van der Waals surface area contributed by atoms with E-state index < -0.39 is 0 Å². The fourth-order valence-electron chi connectivity index (χ4n) is 1.58. The summed E-state index contributed by atoms with van der Waals surface area (Å²) in [6.07, 6.45) is 0. The third-order valence-corrected chi connectivity index (χ3v) is 2.68. The Bertz CT molecular complexity index is 379. The van der Waals surface area contributed by atoms with Gasteiger partial charge in [-0.2, -0.15) is 0 Å². The molecule has 1 aromatic rings. The minimum Gasteiger partial charge on any atom is -0.497 e. The number of amides is 1. The maximum Gasteiger partial charge on any atom is 0.234 e. The highest BCUT2D eigenvalue weighted by Crippen LogP contribution is 2.10. The van der Waals surface area contributed by atoms with Gasteiger partial charge in [0.05, 0.1) is 20.3 Å². The molecule has 0 saturated heterocycles. The smallest absolute Gasteiger partial charge is 0.234 e. The van der Waals surface area contributed by atoms with Crippen LogP contribution >= 0.6 is 0 Å². The molecular weight excluding hydrogens is 244 g/mol. The summed E-state index contributed by atoms with van der Waals surface area (Å²) in [5.41, 5.74) is 1.04. The summed E-state index contributed by atoms with van der Waals surface area (Å²) in [5, 5.41) is 5.93. The molecule has 0 aliphatic carbocycles. The Kier molecular flexibility index (Phi) is 6.92. The summed E-state index contributed by atoms with van der Waals surface area (Å²) >= 11 is 0. The Morgan fingerprint density at radius 3 is 2.53 bits per heavy atom. The first-order valence-corrected chi connectivity index (χ1v) is 6.27. The van der Waals surface area contributed by atoms with Crippen LogP contribution in [0.4, 0.5) is 0 Å². The molecule has 1 rings (SSSR count). The molecule has 19 heavy (non-hydrogen) atoms. The molecule has 1 aromatic carbocycles. The van der Waals surface area contributed by atoms with Crippen molar-refractivity contribution in [3.8, 4) is 5.75 Å². The van der Waals surface area contributed by atoms with Crippen LogP contribution in [0.25, 0.3) is 0 Å². The molecule has 0 saturated carbocycles. The zero-order chi connectivity index (χ0) is 14.1. The summed E-state index contributed by atoms with van der Waals surface area (Å²) in [7, 11) is 3.27. The van der Waals surface area contributed by atoms with Crippen molar-refractivity contribution in [1.29, 1.82) is 0 Å². The molecule has 0 radical (unpaired) electrons. The van der Waals surface area contributed by atoms with Gasteiger partial charge in [-0.05, 0) is 24.6 Å². The van der Waals surface area contributed by atoms with Gasteiger partial charge in [0.2, 0.25) is 5.91 Å². The molecule has 0 heterocycles. The molecule has 0 aromatic heterocycles. The number of benzene rings is 1. The Balaban J connectivity index is 2.25. The molecule has 5 heteroatoms. The number of hydrogen-bond acceptors (Lipinski definition) is 4. The zero-order valence-corrected chi connectivity index (χ0v) is 11.7. The number of hydrogen-bond donors (Lipinski definition) is 2. The van der Waals surface area contributed by atoms with E-state index in [4.69, 9.17) is 9.47 Å². The Morgan fingerprint density at radius 1 is 1.26 bits per heavy atom. The van der Waals surface area contributed by atoms with Crippen molar-refractivity contribution in [3.05, 3.63) is 29.8 Å². The SMILES string of the molecule is COCC(C)NCC(=O)NCc1ccc(OC)cc1. The predicted octanol–water partition coefficient (Wildman–Crippen LogP) is 0.936. The fourth-order valence-corrected chi connectivity index (χ4v) is 1.58. The van der Waals surface area contributed by atoms with Gasteiger partial charge in [-0.15, -0.1) is 0 Å². The second kappa shape index (κ2) is 8.50. The van der Waals surface area contributed by atoms with Crippen molar-refractivity contribution in [1.82, 2.24) is 10.6 Å². The summed E-state index contributed by atoms with van der Waals surface area (Å²) in [6, 6.07) is 7.78. The highest BCUT2D eigenvalue weighted by molar-refractivity contribution is 5.78. The van der Waals surface area contributed by atoms with E-state index in [1.165, 1.54) is 0 Å². The maximum atomic E-state index is 11.6.